The van der Waals surface area contributed by atoms with Crippen molar-refractivity contribution in [3.05, 3.63) is 66.0 Å². The Morgan fingerprint density at radius 1 is 1.07 bits per heavy atom. The fourth-order valence-corrected chi connectivity index (χ4v) is 4.02. The number of hydrogen-bond donors (Lipinski definition) is 3. The Balaban J connectivity index is 1.25. The number of para-hydroxylation sites is 2. The molecule has 1 fully saturated rings. The summed E-state index contributed by atoms with van der Waals surface area (Å²) in [5.41, 5.74) is 3.84. The minimum atomic E-state index is 0.257. The molecule has 0 radical (unpaired) electrons. The molecule has 5 heteroatoms. The van der Waals surface area contributed by atoms with Crippen LogP contribution in [0.2, 0.25) is 0 Å². The average Bonchev–Trinajstić information content (AvgIpc) is 3.12. The number of rotatable bonds is 7. The second kappa shape index (κ2) is 8.46. The van der Waals surface area contributed by atoms with Crippen LogP contribution in [-0.2, 0) is 11.8 Å². The van der Waals surface area contributed by atoms with Gasteiger partial charge in [0.1, 0.15) is 5.82 Å². The number of imidazole rings is 1. The van der Waals surface area contributed by atoms with Gasteiger partial charge in [-0.25, -0.2) is 4.98 Å². The lowest BCUT2D eigenvalue weighted by Crippen LogP contribution is -2.49. The van der Waals surface area contributed by atoms with Crippen LogP contribution in [-0.4, -0.2) is 36.1 Å². The Morgan fingerprint density at radius 3 is 2.57 bits per heavy atom. The van der Waals surface area contributed by atoms with Crippen molar-refractivity contribution in [2.45, 2.75) is 37.5 Å². The van der Waals surface area contributed by atoms with Gasteiger partial charge in [-0.1, -0.05) is 48.9 Å². The standard InChI is InChI=1S/C23H29N5/c1-24-22(26-17-23(14-8-15-23)18-9-3-2-4-10-18)25-16-7-13-21-27-19-11-5-6-12-20(19)28-21/h2-6,9-12H,7-8,13-17H2,1H3,(H,27,28)(H2,24,25,26). The van der Waals surface area contributed by atoms with Crippen LogP contribution in [0, 0.1) is 0 Å². The van der Waals surface area contributed by atoms with Gasteiger partial charge in [-0.3, -0.25) is 4.99 Å². The van der Waals surface area contributed by atoms with E-state index in [0.717, 1.165) is 48.7 Å². The molecule has 28 heavy (non-hydrogen) atoms. The van der Waals surface area contributed by atoms with E-state index < -0.39 is 0 Å². The second-order valence-electron chi connectivity index (χ2n) is 7.66. The highest BCUT2D eigenvalue weighted by Crippen LogP contribution is 2.43. The number of aromatic amines is 1. The third kappa shape index (κ3) is 4.03. The molecule has 1 aliphatic rings. The highest BCUT2D eigenvalue weighted by molar-refractivity contribution is 5.79. The first-order valence-electron chi connectivity index (χ1n) is 10.2. The zero-order chi connectivity index (χ0) is 19.2. The van der Waals surface area contributed by atoms with Crippen LogP contribution in [0.1, 0.15) is 37.1 Å². The number of H-pyrrole nitrogens is 1. The fourth-order valence-electron chi connectivity index (χ4n) is 4.02. The van der Waals surface area contributed by atoms with E-state index in [4.69, 9.17) is 0 Å². The lowest BCUT2D eigenvalue weighted by molar-refractivity contribution is 0.244. The number of fused-ring (bicyclic) bond motifs is 1. The summed E-state index contributed by atoms with van der Waals surface area (Å²) in [6.07, 6.45) is 5.72. The first kappa shape index (κ1) is 18.5. The lowest BCUT2D eigenvalue weighted by Gasteiger charge is -2.43. The number of hydrogen-bond acceptors (Lipinski definition) is 2. The van der Waals surface area contributed by atoms with Gasteiger partial charge in [0.2, 0.25) is 0 Å². The number of nitrogens with one attached hydrogen (secondary N) is 3. The molecular weight excluding hydrogens is 346 g/mol. The van der Waals surface area contributed by atoms with Crippen molar-refractivity contribution in [2.75, 3.05) is 20.1 Å². The molecule has 1 saturated carbocycles. The van der Waals surface area contributed by atoms with Crippen LogP contribution in [0.3, 0.4) is 0 Å². The maximum absolute atomic E-state index is 4.64. The molecule has 1 aromatic heterocycles. The number of aryl methyl sites for hydroxylation is 1. The molecule has 0 saturated heterocycles. The van der Waals surface area contributed by atoms with E-state index in [1.165, 1.54) is 24.8 Å². The quantitative estimate of drug-likeness (QED) is 0.334. The molecule has 3 N–H and O–H groups in total. The van der Waals surface area contributed by atoms with Crippen molar-refractivity contribution in [1.82, 2.24) is 20.6 Å². The maximum Gasteiger partial charge on any atom is 0.191 e. The van der Waals surface area contributed by atoms with Crippen LogP contribution in [0.4, 0.5) is 0 Å². The molecular formula is C23H29N5. The first-order chi connectivity index (χ1) is 13.8. The summed E-state index contributed by atoms with van der Waals surface area (Å²) in [6.45, 7) is 1.80. The van der Waals surface area contributed by atoms with Gasteiger partial charge in [0.25, 0.3) is 0 Å². The normalized spacial score (nSPS) is 16.0. The van der Waals surface area contributed by atoms with Crippen molar-refractivity contribution >= 4 is 17.0 Å². The number of benzene rings is 2. The Kier molecular flexibility index (Phi) is 5.60. The molecule has 4 rings (SSSR count). The molecule has 5 nitrogen and oxygen atoms in total. The number of aliphatic imine (C=N–C) groups is 1. The van der Waals surface area contributed by atoms with E-state index in [0.29, 0.717) is 0 Å². The molecule has 0 unspecified atom stereocenters. The topological polar surface area (TPSA) is 65.1 Å². The highest BCUT2D eigenvalue weighted by atomic mass is 15.2. The summed E-state index contributed by atoms with van der Waals surface area (Å²) >= 11 is 0. The van der Waals surface area contributed by atoms with Gasteiger partial charge >= 0.3 is 0 Å². The van der Waals surface area contributed by atoms with Crippen LogP contribution >= 0.6 is 0 Å². The average molecular weight is 376 g/mol. The molecule has 0 aliphatic heterocycles. The Morgan fingerprint density at radius 2 is 1.86 bits per heavy atom. The Bertz CT molecular complexity index is 891. The molecule has 3 aromatic rings. The summed E-state index contributed by atoms with van der Waals surface area (Å²) < 4.78 is 0. The number of aromatic nitrogens is 2. The van der Waals surface area contributed by atoms with Gasteiger partial charge in [-0.05, 0) is 37.0 Å². The van der Waals surface area contributed by atoms with E-state index in [2.05, 4.69) is 62.0 Å². The molecule has 1 aliphatic carbocycles. The highest BCUT2D eigenvalue weighted by Gasteiger charge is 2.38. The van der Waals surface area contributed by atoms with E-state index in [1.54, 1.807) is 0 Å². The SMILES string of the molecule is CN=C(NCCCc1nc2ccccc2[nH]1)NCC1(c2ccccc2)CCC1. The summed E-state index contributed by atoms with van der Waals surface area (Å²) in [5, 5.41) is 6.99. The molecule has 0 bridgehead atoms. The fraction of sp³-hybridized carbons (Fsp3) is 0.391. The van der Waals surface area contributed by atoms with Gasteiger partial charge in [-0.2, -0.15) is 0 Å². The third-order valence-corrected chi connectivity index (χ3v) is 5.84. The maximum atomic E-state index is 4.64. The molecule has 0 amide bonds. The molecule has 0 spiro atoms. The van der Waals surface area contributed by atoms with Crippen LogP contribution in [0.25, 0.3) is 11.0 Å². The van der Waals surface area contributed by atoms with Crippen LogP contribution in [0.5, 0.6) is 0 Å². The lowest BCUT2D eigenvalue weighted by atomic mass is 9.64. The number of guanidine groups is 1. The predicted molar refractivity (Wildman–Crippen MR) is 116 cm³/mol. The summed E-state index contributed by atoms with van der Waals surface area (Å²) in [5.74, 6) is 1.93. The molecule has 2 aromatic carbocycles. The molecule has 0 atom stereocenters. The van der Waals surface area contributed by atoms with Gasteiger partial charge in [-0.15, -0.1) is 0 Å². The third-order valence-electron chi connectivity index (χ3n) is 5.84. The minimum Gasteiger partial charge on any atom is -0.356 e. The second-order valence-corrected chi connectivity index (χ2v) is 7.66. The molecule has 146 valence electrons. The van der Waals surface area contributed by atoms with Crippen molar-refractivity contribution in [2.24, 2.45) is 4.99 Å². The van der Waals surface area contributed by atoms with E-state index in [9.17, 15) is 0 Å². The van der Waals surface area contributed by atoms with Crippen molar-refractivity contribution in [3.63, 3.8) is 0 Å². The predicted octanol–water partition coefficient (Wildman–Crippen LogP) is 3.78. The van der Waals surface area contributed by atoms with Crippen LogP contribution in [0.15, 0.2) is 59.6 Å². The van der Waals surface area contributed by atoms with Gasteiger partial charge < -0.3 is 15.6 Å². The minimum absolute atomic E-state index is 0.257. The van der Waals surface area contributed by atoms with E-state index in [1.807, 2.05) is 25.2 Å². The summed E-state index contributed by atoms with van der Waals surface area (Å²) in [7, 11) is 1.84. The first-order valence-corrected chi connectivity index (χ1v) is 10.2. The monoisotopic (exact) mass is 375 g/mol. The Hall–Kier alpha value is -2.82. The van der Waals surface area contributed by atoms with E-state index >= 15 is 0 Å². The molecule has 1 heterocycles. The zero-order valence-corrected chi connectivity index (χ0v) is 16.5. The largest absolute Gasteiger partial charge is 0.356 e. The van der Waals surface area contributed by atoms with Crippen molar-refractivity contribution in [3.8, 4) is 0 Å². The van der Waals surface area contributed by atoms with Gasteiger partial charge in [0, 0.05) is 32.0 Å². The van der Waals surface area contributed by atoms with Crippen molar-refractivity contribution < 1.29 is 0 Å². The Labute approximate surface area is 166 Å². The summed E-state index contributed by atoms with van der Waals surface area (Å²) in [6, 6.07) is 19.0. The smallest absolute Gasteiger partial charge is 0.191 e. The van der Waals surface area contributed by atoms with E-state index in [-0.39, 0.29) is 5.41 Å². The van der Waals surface area contributed by atoms with Gasteiger partial charge in [0.05, 0.1) is 11.0 Å². The number of nitrogens with zero attached hydrogens (tertiary/aromatic N) is 2. The zero-order valence-electron chi connectivity index (χ0n) is 16.5. The van der Waals surface area contributed by atoms with Gasteiger partial charge in [0.15, 0.2) is 5.96 Å². The van der Waals surface area contributed by atoms with Crippen LogP contribution < -0.4 is 10.6 Å². The summed E-state index contributed by atoms with van der Waals surface area (Å²) in [4.78, 5) is 12.4. The van der Waals surface area contributed by atoms with Crippen molar-refractivity contribution in [1.29, 1.82) is 0 Å².